The fraction of sp³-hybridized carbons (Fsp3) is 0.462. The van der Waals surface area contributed by atoms with Gasteiger partial charge in [0.1, 0.15) is 10.3 Å². The number of aromatic nitrogens is 4. The molecule has 2 rings (SSSR count). The van der Waals surface area contributed by atoms with Crippen LogP contribution >= 0.6 is 15.9 Å². The van der Waals surface area contributed by atoms with Gasteiger partial charge in [-0.15, -0.1) is 0 Å². The van der Waals surface area contributed by atoms with Crippen LogP contribution in [0.25, 0.3) is 0 Å². The van der Waals surface area contributed by atoms with Gasteiger partial charge in [-0.05, 0) is 36.9 Å². The van der Waals surface area contributed by atoms with Crippen molar-refractivity contribution >= 4 is 21.6 Å². The molecule has 0 fully saturated rings. The van der Waals surface area contributed by atoms with Crippen LogP contribution in [-0.2, 0) is 6.54 Å². The van der Waals surface area contributed by atoms with Crippen molar-refractivity contribution < 1.29 is 0 Å². The van der Waals surface area contributed by atoms with E-state index in [1.54, 1.807) is 18.6 Å². The molecule has 0 aromatic carbocycles. The van der Waals surface area contributed by atoms with E-state index in [0.29, 0.717) is 16.7 Å². The zero-order chi connectivity index (χ0) is 15.4. The molecular weight excluding hydrogens is 336 g/mol. The summed E-state index contributed by atoms with van der Waals surface area (Å²) < 4.78 is 1.93. The average Bonchev–Trinajstić information content (AvgIpc) is 2.97. The summed E-state index contributed by atoms with van der Waals surface area (Å²) in [7, 11) is 3.92. The summed E-state index contributed by atoms with van der Waals surface area (Å²) in [6.07, 6.45) is 5.11. The molecule has 1 atom stereocenters. The molecule has 0 aliphatic heterocycles. The molecule has 0 aliphatic carbocycles. The first-order valence-corrected chi connectivity index (χ1v) is 7.44. The van der Waals surface area contributed by atoms with Crippen LogP contribution in [0.5, 0.6) is 0 Å². The van der Waals surface area contributed by atoms with E-state index in [0.717, 1.165) is 12.4 Å². The van der Waals surface area contributed by atoms with E-state index < -0.39 is 0 Å². The molecule has 2 N–H and O–H groups in total. The van der Waals surface area contributed by atoms with Gasteiger partial charge in [0, 0.05) is 18.9 Å². The minimum absolute atomic E-state index is 0.0462. The Labute approximate surface area is 131 Å². The van der Waals surface area contributed by atoms with E-state index in [1.165, 1.54) is 4.68 Å². The maximum absolute atomic E-state index is 12.2. The number of aromatic amines is 1. The Balaban J connectivity index is 2.15. The fourth-order valence-electron chi connectivity index (χ4n) is 1.84. The molecule has 0 bridgehead atoms. The Morgan fingerprint density at radius 2 is 2.29 bits per heavy atom. The lowest BCUT2D eigenvalue weighted by molar-refractivity contribution is 0.367. The average molecular weight is 355 g/mol. The van der Waals surface area contributed by atoms with Gasteiger partial charge < -0.3 is 15.2 Å². The van der Waals surface area contributed by atoms with E-state index >= 15 is 0 Å². The predicted molar refractivity (Wildman–Crippen MR) is 85.4 cm³/mol. The number of nitrogens with zero attached hydrogens (tertiary/aromatic N) is 4. The van der Waals surface area contributed by atoms with Gasteiger partial charge in [-0.3, -0.25) is 4.79 Å². The van der Waals surface area contributed by atoms with Crippen LogP contribution in [0.15, 0.2) is 27.9 Å². The van der Waals surface area contributed by atoms with Crippen LogP contribution in [0.2, 0.25) is 0 Å². The van der Waals surface area contributed by atoms with Crippen molar-refractivity contribution in [2.45, 2.75) is 19.5 Å². The molecule has 114 valence electrons. The molecule has 7 nitrogen and oxygen atoms in total. The molecule has 0 radical (unpaired) electrons. The third-order valence-corrected chi connectivity index (χ3v) is 3.81. The van der Waals surface area contributed by atoms with Gasteiger partial charge in [-0.1, -0.05) is 0 Å². The second kappa shape index (κ2) is 6.86. The standard InChI is InChI=1S/C13H19BrN6O/c1-9(12-15-4-5-16-12)18-10-8-17-20(7-6-19(2)3)13(21)11(10)14/h4-5,8-9,18H,6-7H2,1-3H3,(H,15,16). The van der Waals surface area contributed by atoms with Crippen molar-refractivity contribution in [3.05, 3.63) is 39.2 Å². The molecule has 0 amide bonds. The number of hydrogen-bond donors (Lipinski definition) is 2. The lowest BCUT2D eigenvalue weighted by Gasteiger charge is -2.15. The van der Waals surface area contributed by atoms with Crippen LogP contribution in [0, 0.1) is 0 Å². The molecule has 0 saturated carbocycles. The number of imidazole rings is 1. The molecule has 21 heavy (non-hydrogen) atoms. The van der Waals surface area contributed by atoms with Crippen LogP contribution in [0.4, 0.5) is 5.69 Å². The van der Waals surface area contributed by atoms with E-state index in [-0.39, 0.29) is 11.6 Å². The molecule has 0 aliphatic rings. The smallest absolute Gasteiger partial charge is 0.283 e. The predicted octanol–water partition coefficient (Wildman–Crippen LogP) is 1.46. The van der Waals surface area contributed by atoms with Gasteiger partial charge in [0.15, 0.2) is 0 Å². The second-order valence-corrected chi connectivity index (χ2v) is 5.84. The molecule has 1 unspecified atom stereocenters. The lowest BCUT2D eigenvalue weighted by Crippen LogP contribution is -2.29. The first-order chi connectivity index (χ1) is 9.99. The first-order valence-electron chi connectivity index (χ1n) is 6.65. The molecular formula is C13H19BrN6O. The Morgan fingerprint density at radius 3 is 2.90 bits per heavy atom. The number of likely N-dealkylation sites (N-methyl/N-ethyl adjacent to an activating group) is 1. The highest BCUT2D eigenvalue weighted by Gasteiger charge is 2.13. The van der Waals surface area contributed by atoms with Crippen LogP contribution < -0.4 is 10.9 Å². The highest BCUT2D eigenvalue weighted by molar-refractivity contribution is 9.10. The normalized spacial score (nSPS) is 12.6. The molecule has 8 heteroatoms. The van der Waals surface area contributed by atoms with E-state index in [9.17, 15) is 4.79 Å². The quantitative estimate of drug-likeness (QED) is 0.820. The van der Waals surface area contributed by atoms with Gasteiger partial charge in [-0.2, -0.15) is 5.10 Å². The summed E-state index contributed by atoms with van der Waals surface area (Å²) in [4.78, 5) is 21.5. The van der Waals surface area contributed by atoms with Gasteiger partial charge in [-0.25, -0.2) is 9.67 Å². The third kappa shape index (κ3) is 3.92. The number of nitrogens with one attached hydrogen (secondary N) is 2. The maximum atomic E-state index is 12.2. The van der Waals surface area contributed by atoms with Gasteiger partial charge >= 0.3 is 0 Å². The summed E-state index contributed by atoms with van der Waals surface area (Å²) in [6, 6.07) is -0.0462. The zero-order valence-corrected chi connectivity index (χ0v) is 13.9. The topological polar surface area (TPSA) is 78.8 Å². The van der Waals surface area contributed by atoms with E-state index in [1.807, 2.05) is 25.9 Å². The van der Waals surface area contributed by atoms with Crippen molar-refractivity contribution in [3.8, 4) is 0 Å². The number of H-pyrrole nitrogens is 1. The highest BCUT2D eigenvalue weighted by Crippen LogP contribution is 2.21. The number of anilines is 1. The SMILES string of the molecule is CC(Nc1cnn(CCN(C)C)c(=O)c1Br)c1ncc[nH]1. The van der Waals surface area contributed by atoms with Crippen LogP contribution in [-0.4, -0.2) is 45.3 Å². The Hall–Kier alpha value is -1.67. The minimum atomic E-state index is -0.145. The lowest BCUT2D eigenvalue weighted by atomic mass is 10.3. The van der Waals surface area contributed by atoms with Crippen molar-refractivity contribution in [2.24, 2.45) is 0 Å². The van der Waals surface area contributed by atoms with Crippen LogP contribution in [0.3, 0.4) is 0 Å². The van der Waals surface area contributed by atoms with Crippen LogP contribution in [0.1, 0.15) is 18.8 Å². The Bertz CT molecular complexity index is 637. The fourth-order valence-corrected chi connectivity index (χ4v) is 2.26. The molecule has 2 aromatic heterocycles. The monoisotopic (exact) mass is 354 g/mol. The highest BCUT2D eigenvalue weighted by atomic mass is 79.9. The van der Waals surface area contributed by atoms with Crippen molar-refractivity contribution in [1.82, 2.24) is 24.6 Å². The molecule has 0 saturated heterocycles. The largest absolute Gasteiger partial charge is 0.373 e. The summed E-state index contributed by atoms with van der Waals surface area (Å²) in [5, 5.41) is 7.42. The second-order valence-electron chi connectivity index (χ2n) is 5.04. The van der Waals surface area contributed by atoms with Crippen molar-refractivity contribution in [1.29, 1.82) is 0 Å². The summed E-state index contributed by atoms with van der Waals surface area (Å²) in [5.41, 5.74) is 0.512. The first kappa shape index (κ1) is 15.7. The van der Waals surface area contributed by atoms with Gasteiger partial charge in [0.05, 0.1) is 24.5 Å². The molecule has 2 heterocycles. The van der Waals surface area contributed by atoms with Crippen molar-refractivity contribution in [2.75, 3.05) is 26.0 Å². The Kier molecular flexibility index (Phi) is 5.13. The Morgan fingerprint density at radius 1 is 1.52 bits per heavy atom. The summed E-state index contributed by atoms with van der Waals surface area (Å²) >= 11 is 3.35. The minimum Gasteiger partial charge on any atom is -0.373 e. The number of rotatable bonds is 6. The van der Waals surface area contributed by atoms with Crippen molar-refractivity contribution in [3.63, 3.8) is 0 Å². The number of hydrogen-bond acceptors (Lipinski definition) is 5. The third-order valence-electron chi connectivity index (χ3n) is 3.05. The van der Waals surface area contributed by atoms with E-state index in [4.69, 9.17) is 0 Å². The number of halogens is 1. The molecule has 2 aromatic rings. The zero-order valence-electron chi connectivity index (χ0n) is 12.3. The molecule has 0 spiro atoms. The summed E-state index contributed by atoms with van der Waals surface area (Å²) in [5.74, 6) is 0.804. The van der Waals surface area contributed by atoms with Gasteiger partial charge in [0.25, 0.3) is 5.56 Å². The summed E-state index contributed by atoms with van der Waals surface area (Å²) in [6.45, 7) is 3.27. The van der Waals surface area contributed by atoms with Gasteiger partial charge in [0.2, 0.25) is 0 Å². The maximum Gasteiger partial charge on any atom is 0.283 e. The van der Waals surface area contributed by atoms with E-state index in [2.05, 4.69) is 36.3 Å².